The number of aromatic nitrogens is 1. The first-order chi connectivity index (χ1) is 10.2. The maximum Gasteiger partial charge on any atom is 0.258 e. The quantitative estimate of drug-likeness (QED) is 0.913. The number of nitrogens with one attached hydrogen (secondary N) is 1. The highest BCUT2D eigenvalue weighted by molar-refractivity contribution is 6.06. The van der Waals surface area contributed by atoms with E-state index in [2.05, 4.69) is 17.2 Å². The average Bonchev–Trinajstić information content (AvgIpc) is 2.51. The second-order valence-electron chi connectivity index (χ2n) is 4.81. The van der Waals surface area contributed by atoms with E-state index in [9.17, 15) is 4.79 Å². The third kappa shape index (κ3) is 3.40. The lowest BCUT2D eigenvalue weighted by Gasteiger charge is -2.21. The zero-order valence-corrected chi connectivity index (χ0v) is 12.8. The number of aryl methyl sites for hydroxylation is 1. The number of nitrogens with zero attached hydrogens (tertiary/aromatic N) is 2. The molecule has 0 spiro atoms. The first-order valence-corrected chi connectivity index (χ1v) is 7.23. The second-order valence-corrected chi connectivity index (χ2v) is 4.81. The molecule has 0 aliphatic carbocycles. The van der Waals surface area contributed by atoms with Crippen molar-refractivity contribution in [2.75, 3.05) is 23.3 Å². The molecule has 1 amide bonds. The van der Waals surface area contributed by atoms with Gasteiger partial charge in [-0.2, -0.15) is 0 Å². The molecular weight excluding hydrogens is 262 g/mol. The standard InChI is InChI=1S/C17H21N3O/c1-4-19-16-7-6-14(12-13(16)3)17(21)20(5-2)15-8-10-18-11-9-15/h6-12,19H,4-5H2,1-3H3. The molecule has 4 heteroatoms. The molecule has 0 saturated carbocycles. The van der Waals surface area contributed by atoms with Gasteiger partial charge in [-0.25, -0.2) is 0 Å². The molecule has 1 aromatic carbocycles. The molecule has 0 fully saturated rings. The summed E-state index contributed by atoms with van der Waals surface area (Å²) in [6.07, 6.45) is 3.40. The van der Waals surface area contributed by atoms with E-state index in [-0.39, 0.29) is 5.91 Å². The predicted molar refractivity (Wildman–Crippen MR) is 86.9 cm³/mol. The van der Waals surface area contributed by atoms with Gasteiger partial charge in [-0.1, -0.05) is 0 Å². The Morgan fingerprint density at radius 1 is 1.19 bits per heavy atom. The van der Waals surface area contributed by atoms with E-state index < -0.39 is 0 Å². The average molecular weight is 283 g/mol. The summed E-state index contributed by atoms with van der Waals surface area (Å²) in [6, 6.07) is 9.47. The number of pyridine rings is 1. The highest BCUT2D eigenvalue weighted by Crippen LogP contribution is 2.20. The minimum absolute atomic E-state index is 0.00912. The monoisotopic (exact) mass is 283 g/mol. The Balaban J connectivity index is 2.28. The van der Waals surface area contributed by atoms with Gasteiger partial charge in [-0.05, 0) is 56.7 Å². The smallest absolute Gasteiger partial charge is 0.258 e. The van der Waals surface area contributed by atoms with Crippen LogP contribution in [0, 0.1) is 6.92 Å². The zero-order chi connectivity index (χ0) is 15.2. The van der Waals surface area contributed by atoms with Gasteiger partial charge in [0.25, 0.3) is 5.91 Å². The fourth-order valence-corrected chi connectivity index (χ4v) is 2.31. The van der Waals surface area contributed by atoms with Crippen LogP contribution in [0.3, 0.4) is 0 Å². The molecule has 0 saturated heterocycles. The molecule has 1 N–H and O–H groups in total. The SMILES string of the molecule is CCNc1ccc(C(=O)N(CC)c2ccncc2)cc1C. The van der Waals surface area contributed by atoms with Gasteiger partial charge >= 0.3 is 0 Å². The number of hydrogen-bond acceptors (Lipinski definition) is 3. The maximum absolute atomic E-state index is 12.7. The van der Waals surface area contributed by atoms with Crippen LogP contribution in [0.4, 0.5) is 11.4 Å². The van der Waals surface area contributed by atoms with Crippen LogP contribution >= 0.6 is 0 Å². The summed E-state index contributed by atoms with van der Waals surface area (Å²) in [5.41, 5.74) is 3.72. The van der Waals surface area contributed by atoms with Gasteiger partial charge in [0.2, 0.25) is 0 Å². The molecule has 0 radical (unpaired) electrons. The number of carbonyl (C=O) groups is 1. The van der Waals surface area contributed by atoms with E-state index in [1.54, 1.807) is 17.3 Å². The van der Waals surface area contributed by atoms with Crippen molar-refractivity contribution < 1.29 is 4.79 Å². The molecule has 1 aromatic heterocycles. The Hall–Kier alpha value is -2.36. The fraction of sp³-hybridized carbons (Fsp3) is 0.294. The molecule has 0 atom stereocenters. The third-order valence-corrected chi connectivity index (χ3v) is 3.38. The summed E-state index contributed by atoms with van der Waals surface area (Å²) in [6.45, 7) is 7.53. The Morgan fingerprint density at radius 3 is 2.48 bits per heavy atom. The molecule has 4 nitrogen and oxygen atoms in total. The van der Waals surface area contributed by atoms with Crippen LogP contribution < -0.4 is 10.2 Å². The fourth-order valence-electron chi connectivity index (χ4n) is 2.31. The topological polar surface area (TPSA) is 45.2 Å². The molecule has 1 heterocycles. The highest BCUT2D eigenvalue weighted by Gasteiger charge is 2.16. The van der Waals surface area contributed by atoms with E-state index in [0.717, 1.165) is 23.5 Å². The maximum atomic E-state index is 12.7. The van der Waals surface area contributed by atoms with Crippen LogP contribution in [0.1, 0.15) is 29.8 Å². The van der Waals surface area contributed by atoms with Crippen molar-refractivity contribution in [2.45, 2.75) is 20.8 Å². The first-order valence-electron chi connectivity index (χ1n) is 7.23. The lowest BCUT2D eigenvalue weighted by Crippen LogP contribution is -2.30. The Kier molecular flexibility index (Phi) is 4.93. The molecule has 0 aliphatic heterocycles. The molecule has 0 aliphatic rings. The van der Waals surface area contributed by atoms with Crippen LogP contribution in [-0.4, -0.2) is 24.0 Å². The van der Waals surface area contributed by atoms with Gasteiger partial charge in [0.05, 0.1) is 0 Å². The van der Waals surface area contributed by atoms with E-state index in [1.807, 2.05) is 44.2 Å². The van der Waals surface area contributed by atoms with Gasteiger partial charge in [0.15, 0.2) is 0 Å². The van der Waals surface area contributed by atoms with Crippen molar-refractivity contribution in [1.29, 1.82) is 0 Å². The third-order valence-electron chi connectivity index (χ3n) is 3.38. The molecule has 0 bridgehead atoms. The van der Waals surface area contributed by atoms with E-state index >= 15 is 0 Å². The van der Waals surface area contributed by atoms with E-state index in [1.165, 1.54) is 0 Å². The Morgan fingerprint density at radius 2 is 1.90 bits per heavy atom. The van der Waals surface area contributed by atoms with Gasteiger partial charge in [-0.3, -0.25) is 9.78 Å². The minimum atomic E-state index is 0.00912. The molecule has 2 aromatic rings. The summed E-state index contributed by atoms with van der Waals surface area (Å²) in [4.78, 5) is 18.4. The van der Waals surface area contributed by atoms with Crippen LogP contribution in [0.15, 0.2) is 42.7 Å². The number of amides is 1. The van der Waals surface area contributed by atoms with Gasteiger partial charge in [0, 0.05) is 42.4 Å². The number of rotatable bonds is 5. The summed E-state index contributed by atoms with van der Waals surface area (Å²) in [5.74, 6) is 0.00912. The normalized spacial score (nSPS) is 10.2. The predicted octanol–water partition coefficient (Wildman–Crippen LogP) is 3.49. The first kappa shape index (κ1) is 15.0. The van der Waals surface area contributed by atoms with Crippen LogP contribution in [0.5, 0.6) is 0 Å². The van der Waals surface area contributed by atoms with Gasteiger partial charge in [-0.15, -0.1) is 0 Å². The van der Waals surface area contributed by atoms with Crippen molar-refractivity contribution in [1.82, 2.24) is 4.98 Å². The van der Waals surface area contributed by atoms with E-state index in [0.29, 0.717) is 12.1 Å². The summed E-state index contributed by atoms with van der Waals surface area (Å²) < 4.78 is 0. The largest absolute Gasteiger partial charge is 0.385 e. The lowest BCUT2D eigenvalue weighted by molar-refractivity contribution is 0.0988. The van der Waals surface area contributed by atoms with Crippen molar-refractivity contribution >= 4 is 17.3 Å². The Labute approximate surface area is 125 Å². The number of hydrogen-bond donors (Lipinski definition) is 1. The minimum Gasteiger partial charge on any atom is -0.385 e. The number of carbonyl (C=O) groups excluding carboxylic acids is 1. The van der Waals surface area contributed by atoms with Crippen LogP contribution in [0.25, 0.3) is 0 Å². The van der Waals surface area contributed by atoms with Crippen LogP contribution in [-0.2, 0) is 0 Å². The van der Waals surface area contributed by atoms with Gasteiger partial charge in [0.1, 0.15) is 0 Å². The van der Waals surface area contributed by atoms with Crippen molar-refractivity contribution in [3.8, 4) is 0 Å². The summed E-state index contributed by atoms with van der Waals surface area (Å²) in [7, 11) is 0. The summed E-state index contributed by atoms with van der Waals surface area (Å²) in [5, 5.41) is 3.28. The van der Waals surface area contributed by atoms with Crippen molar-refractivity contribution in [3.05, 3.63) is 53.9 Å². The zero-order valence-electron chi connectivity index (χ0n) is 12.8. The molecule has 21 heavy (non-hydrogen) atoms. The van der Waals surface area contributed by atoms with Crippen molar-refractivity contribution in [2.24, 2.45) is 0 Å². The second kappa shape index (κ2) is 6.88. The van der Waals surface area contributed by atoms with Crippen molar-refractivity contribution in [3.63, 3.8) is 0 Å². The van der Waals surface area contributed by atoms with Crippen LogP contribution in [0.2, 0.25) is 0 Å². The lowest BCUT2D eigenvalue weighted by atomic mass is 10.1. The molecule has 110 valence electrons. The van der Waals surface area contributed by atoms with Gasteiger partial charge < -0.3 is 10.2 Å². The highest BCUT2D eigenvalue weighted by atomic mass is 16.2. The summed E-state index contributed by atoms with van der Waals surface area (Å²) >= 11 is 0. The Bertz CT molecular complexity index is 611. The van der Waals surface area contributed by atoms with E-state index in [4.69, 9.17) is 0 Å². The number of anilines is 2. The molecular formula is C17H21N3O. The number of benzene rings is 1. The molecule has 0 unspecified atom stereocenters. The molecule has 2 rings (SSSR count).